The molecule has 2 rings (SSSR count). The van der Waals surface area contributed by atoms with E-state index in [1.54, 1.807) is 0 Å². The molecule has 0 saturated heterocycles. The summed E-state index contributed by atoms with van der Waals surface area (Å²) in [6.45, 7) is 11.5. The number of nitrogens with one attached hydrogen (secondary N) is 1. The van der Waals surface area contributed by atoms with E-state index in [1.165, 1.54) is 11.1 Å². The van der Waals surface area contributed by atoms with E-state index < -0.39 is 0 Å². The van der Waals surface area contributed by atoms with Crippen molar-refractivity contribution >= 4 is 0 Å². The zero-order valence-electron chi connectivity index (χ0n) is 13.4. The van der Waals surface area contributed by atoms with Crippen molar-refractivity contribution in [2.45, 2.75) is 47.4 Å². The summed E-state index contributed by atoms with van der Waals surface area (Å²) in [4.78, 5) is 0. The predicted molar refractivity (Wildman–Crippen MR) is 85.5 cm³/mol. The van der Waals surface area contributed by atoms with E-state index in [1.807, 2.05) is 11.6 Å². The lowest BCUT2D eigenvalue weighted by molar-refractivity contribution is 0.289. The first-order chi connectivity index (χ1) is 10.1. The maximum absolute atomic E-state index is 6.03. The zero-order valence-corrected chi connectivity index (χ0v) is 13.4. The van der Waals surface area contributed by atoms with Crippen molar-refractivity contribution in [3.63, 3.8) is 0 Å². The van der Waals surface area contributed by atoms with Crippen molar-refractivity contribution in [1.29, 1.82) is 0 Å². The Bertz CT molecular complexity index is 590. The van der Waals surface area contributed by atoms with Gasteiger partial charge in [-0.2, -0.15) is 5.10 Å². The van der Waals surface area contributed by atoms with Crippen molar-refractivity contribution in [2.75, 3.05) is 6.54 Å². The van der Waals surface area contributed by atoms with Gasteiger partial charge in [-0.1, -0.05) is 24.6 Å². The molecule has 0 unspecified atom stereocenters. The molecular formula is C17H25N3O. The summed E-state index contributed by atoms with van der Waals surface area (Å²) in [6.07, 6.45) is 0. The second-order valence-electron chi connectivity index (χ2n) is 5.27. The molecular weight excluding hydrogens is 262 g/mol. The monoisotopic (exact) mass is 287 g/mol. The normalized spacial score (nSPS) is 10.9. The van der Waals surface area contributed by atoms with Gasteiger partial charge >= 0.3 is 0 Å². The highest BCUT2D eigenvalue weighted by molar-refractivity contribution is 5.37. The fourth-order valence-corrected chi connectivity index (χ4v) is 2.39. The van der Waals surface area contributed by atoms with Crippen molar-refractivity contribution in [1.82, 2.24) is 15.1 Å². The summed E-state index contributed by atoms with van der Waals surface area (Å²) < 4.78 is 8.02. The van der Waals surface area contributed by atoms with Crippen LogP contribution in [0.1, 0.15) is 36.4 Å². The van der Waals surface area contributed by atoms with Crippen LogP contribution in [0.5, 0.6) is 5.75 Å². The van der Waals surface area contributed by atoms with Crippen molar-refractivity contribution < 1.29 is 4.74 Å². The third-order valence-electron chi connectivity index (χ3n) is 3.44. The largest absolute Gasteiger partial charge is 0.487 e. The molecule has 21 heavy (non-hydrogen) atoms. The van der Waals surface area contributed by atoms with Gasteiger partial charge in [0.1, 0.15) is 12.4 Å². The van der Waals surface area contributed by atoms with Gasteiger partial charge < -0.3 is 10.1 Å². The van der Waals surface area contributed by atoms with Crippen LogP contribution in [0.4, 0.5) is 0 Å². The maximum Gasteiger partial charge on any atom is 0.130 e. The Balaban J connectivity index is 2.11. The fraction of sp³-hybridized carbons (Fsp3) is 0.471. The van der Waals surface area contributed by atoms with E-state index in [0.29, 0.717) is 6.61 Å². The molecule has 0 aliphatic heterocycles. The molecule has 0 spiro atoms. The van der Waals surface area contributed by atoms with E-state index in [-0.39, 0.29) is 0 Å². The Morgan fingerprint density at radius 3 is 2.71 bits per heavy atom. The summed E-state index contributed by atoms with van der Waals surface area (Å²) >= 11 is 0. The average molecular weight is 287 g/mol. The number of hydrogen-bond donors (Lipinski definition) is 1. The molecule has 0 aliphatic rings. The molecule has 0 fully saturated rings. The van der Waals surface area contributed by atoms with Crippen LogP contribution in [-0.2, 0) is 19.7 Å². The summed E-state index contributed by atoms with van der Waals surface area (Å²) in [6, 6.07) is 8.41. The number of rotatable bonds is 7. The van der Waals surface area contributed by atoms with Gasteiger partial charge in [0.05, 0.1) is 11.4 Å². The van der Waals surface area contributed by atoms with Gasteiger partial charge in [-0.25, -0.2) is 0 Å². The molecule has 4 nitrogen and oxygen atoms in total. The molecule has 2 aromatic rings. The molecule has 114 valence electrons. The highest BCUT2D eigenvalue weighted by atomic mass is 16.5. The first kappa shape index (κ1) is 15.6. The molecule has 1 aromatic carbocycles. The topological polar surface area (TPSA) is 39.1 Å². The zero-order chi connectivity index (χ0) is 15.2. The van der Waals surface area contributed by atoms with Crippen LogP contribution >= 0.6 is 0 Å². The van der Waals surface area contributed by atoms with Gasteiger partial charge in [0.15, 0.2) is 0 Å². The minimum Gasteiger partial charge on any atom is -0.487 e. The van der Waals surface area contributed by atoms with Gasteiger partial charge in [0.2, 0.25) is 0 Å². The van der Waals surface area contributed by atoms with Crippen molar-refractivity contribution in [3.05, 3.63) is 46.8 Å². The standard InChI is InChI=1S/C17H25N3O/c1-5-18-11-15-9-13(3)7-8-17(15)21-12-16-10-14(4)19-20(16)6-2/h7-10,18H,5-6,11-12H2,1-4H3. The number of benzene rings is 1. The minimum absolute atomic E-state index is 0.552. The Morgan fingerprint density at radius 1 is 1.19 bits per heavy atom. The molecule has 4 heteroatoms. The van der Waals surface area contributed by atoms with Crippen LogP contribution in [0.25, 0.3) is 0 Å². The molecule has 0 atom stereocenters. The van der Waals surface area contributed by atoms with Crippen LogP contribution in [0.2, 0.25) is 0 Å². The first-order valence-corrected chi connectivity index (χ1v) is 7.60. The van der Waals surface area contributed by atoms with Gasteiger partial charge in [-0.15, -0.1) is 0 Å². The summed E-state index contributed by atoms with van der Waals surface area (Å²) in [5.74, 6) is 0.947. The molecule has 1 heterocycles. The lowest BCUT2D eigenvalue weighted by Crippen LogP contribution is -2.13. The Hall–Kier alpha value is -1.81. The second-order valence-corrected chi connectivity index (χ2v) is 5.27. The highest BCUT2D eigenvalue weighted by Gasteiger charge is 2.08. The molecule has 0 saturated carbocycles. The first-order valence-electron chi connectivity index (χ1n) is 7.60. The van der Waals surface area contributed by atoms with Crippen LogP contribution in [0, 0.1) is 13.8 Å². The van der Waals surface area contributed by atoms with Crippen LogP contribution in [0.15, 0.2) is 24.3 Å². The Morgan fingerprint density at radius 2 is 2.00 bits per heavy atom. The quantitative estimate of drug-likeness (QED) is 0.850. The molecule has 1 aromatic heterocycles. The Kier molecular flexibility index (Phi) is 5.39. The van der Waals surface area contributed by atoms with E-state index in [0.717, 1.165) is 36.8 Å². The van der Waals surface area contributed by atoms with Crippen LogP contribution in [-0.4, -0.2) is 16.3 Å². The van der Waals surface area contributed by atoms with Gasteiger partial charge in [-0.3, -0.25) is 4.68 Å². The van der Waals surface area contributed by atoms with E-state index >= 15 is 0 Å². The third kappa shape index (κ3) is 4.08. The highest BCUT2D eigenvalue weighted by Crippen LogP contribution is 2.21. The SMILES string of the molecule is CCNCc1cc(C)ccc1OCc1cc(C)nn1CC. The number of aromatic nitrogens is 2. The maximum atomic E-state index is 6.03. The molecule has 1 N–H and O–H groups in total. The third-order valence-corrected chi connectivity index (χ3v) is 3.44. The Labute approximate surface area is 127 Å². The molecule has 0 amide bonds. The van der Waals surface area contributed by atoms with E-state index in [2.05, 4.69) is 55.5 Å². The van der Waals surface area contributed by atoms with Crippen LogP contribution < -0.4 is 10.1 Å². The fourth-order valence-electron chi connectivity index (χ4n) is 2.39. The molecule has 0 aliphatic carbocycles. The molecule has 0 radical (unpaired) electrons. The lowest BCUT2D eigenvalue weighted by Gasteiger charge is -2.13. The number of hydrogen-bond acceptors (Lipinski definition) is 3. The smallest absolute Gasteiger partial charge is 0.130 e. The van der Waals surface area contributed by atoms with Gasteiger partial charge in [0, 0.05) is 18.7 Å². The predicted octanol–water partition coefficient (Wildman–Crippen LogP) is 3.21. The van der Waals surface area contributed by atoms with Crippen molar-refractivity contribution in [3.8, 4) is 5.75 Å². The summed E-state index contributed by atoms with van der Waals surface area (Å²) in [7, 11) is 0. The summed E-state index contributed by atoms with van der Waals surface area (Å²) in [5, 5.41) is 7.81. The number of ether oxygens (including phenoxy) is 1. The number of aryl methyl sites for hydroxylation is 3. The lowest BCUT2D eigenvalue weighted by atomic mass is 10.1. The summed E-state index contributed by atoms with van der Waals surface area (Å²) in [5.41, 5.74) is 4.61. The van der Waals surface area contributed by atoms with Gasteiger partial charge in [0.25, 0.3) is 0 Å². The number of nitrogens with zero attached hydrogens (tertiary/aromatic N) is 2. The van der Waals surface area contributed by atoms with E-state index in [4.69, 9.17) is 4.74 Å². The van der Waals surface area contributed by atoms with Gasteiger partial charge in [-0.05, 0) is 39.4 Å². The minimum atomic E-state index is 0.552. The second kappa shape index (κ2) is 7.27. The van der Waals surface area contributed by atoms with Crippen LogP contribution in [0.3, 0.4) is 0 Å². The van der Waals surface area contributed by atoms with E-state index in [9.17, 15) is 0 Å². The van der Waals surface area contributed by atoms with Crippen molar-refractivity contribution in [2.24, 2.45) is 0 Å². The molecule has 0 bridgehead atoms. The average Bonchev–Trinajstić information content (AvgIpc) is 2.84.